The molecule has 0 aromatic rings. The van der Waals surface area contributed by atoms with Gasteiger partial charge < -0.3 is 0 Å². The molecule has 1 heterocycles. The standard InChI is InChI=1S/C14H27N3/c1-11(2)16-14(5,9-15)10-17-7-6-12(3)8-13(17)4/h11-13,16H,6-8,10H2,1-5H3. The van der Waals surface area contributed by atoms with Crippen LogP contribution in [0.1, 0.15) is 47.5 Å². The lowest BCUT2D eigenvalue weighted by Crippen LogP contribution is -2.55. The zero-order valence-corrected chi connectivity index (χ0v) is 12.0. The van der Waals surface area contributed by atoms with E-state index in [2.05, 4.69) is 44.0 Å². The van der Waals surface area contributed by atoms with Gasteiger partial charge in [-0.2, -0.15) is 5.26 Å². The third kappa shape index (κ3) is 4.29. The van der Waals surface area contributed by atoms with Crippen LogP contribution in [0.3, 0.4) is 0 Å². The quantitative estimate of drug-likeness (QED) is 0.816. The lowest BCUT2D eigenvalue weighted by molar-refractivity contribution is 0.104. The highest BCUT2D eigenvalue weighted by atomic mass is 15.2. The summed E-state index contributed by atoms with van der Waals surface area (Å²) in [7, 11) is 0. The molecule has 0 saturated carbocycles. The first-order chi connectivity index (χ1) is 7.86. The van der Waals surface area contributed by atoms with Gasteiger partial charge in [-0.25, -0.2) is 0 Å². The van der Waals surface area contributed by atoms with Gasteiger partial charge in [-0.1, -0.05) is 6.92 Å². The lowest BCUT2D eigenvalue weighted by Gasteiger charge is -2.40. The summed E-state index contributed by atoms with van der Waals surface area (Å²) < 4.78 is 0. The largest absolute Gasteiger partial charge is 0.298 e. The molecule has 1 N–H and O–H groups in total. The van der Waals surface area contributed by atoms with Gasteiger partial charge in [-0.15, -0.1) is 0 Å². The fraction of sp³-hybridized carbons (Fsp3) is 0.929. The average Bonchev–Trinajstić information content (AvgIpc) is 2.21. The Labute approximate surface area is 106 Å². The summed E-state index contributed by atoms with van der Waals surface area (Å²) in [4.78, 5) is 2.46. The SMILES string of the molecule is CC1CCN(CC(C)(C#N)NC(C)C)C(C)C1. The molecule has 3 atom stereocenters. The van der Waals surface area contributed by atoms with E-state index in [1.807, 2.05) is 6.92 Å². The van der Waals surface area contributed by atoms with Crippen LogP contribution < -0.4 is 5.32 Å². The predicted octanol–water partition coefficient (Wildman–Crippen LogP) is 2.39. The van der Waals surface area contributed by atoms with Crippen LogP contribution >= 0.6 is 0 Å². The second-order valence-corrected chi connectivity index (χ2v) is 6.19. The minimum absolute atomic E-state index is 0.346. The number of rotatable bonds is 4. The number of nitrogens with one attached hydrogen (secondary N) is 1. The molecule has 1 aliphatic rings. The van der Waals surface area contributed by atoms with Crippen LogP contribution in [0, 0.1) is 17.2 Å². The summed E-state index contributed by atoms with van der Waals surface area (Å²) in [6.45, 7) is 12.8. The highest BCUT2D eigenvalue weighted by molar-refractivity contribution is 5.07. The van der Waals surface area contributed by atoms with Gasteiger partial charge in [-0.3, -0.25) is 10.2 Å². The van der Waals surface area contributed by atoms with Crippen molar-refractivity contribution in [1.82, 2.24) is 10.2 Å². The van der Waals surface area contributed by atoms with E-state index >= 15 is 0 Å². The van der Waals surface area contributed by atoms with E-state index in [1.165, 1.54) is 12.8 Å². The smallest absolute Gasteiger partial charge is 0.116 e. The zero-order valence-electron chi connectivity index (χ0n) is 12.0. The van der Waals surface area contributed by atoms with Gasteiger partial charge in [0.25, 0.3) is 0 Å². The molecule has 1 fully saturated rings. The molecule has 3 nitrogen and oxygen atoms in total. The maximum atomic E-state index is 9.36. The van der Waals surface area contributed by atoms with Crippen LogP contribution in [0.4, 0.5) is 0 Å². The van der Waals surface area contributed by atoms with Crippen molar-refractivity contribution in [2.75, 3.05) is 13.1 Å². The molecule has 1 rings (SSSR count). The van der Waals surface area contributed by atoms with Crippen molar-refractivity contribution in [2.24, 2.45) is 5.92 Å². The molecule has 0 amide bonds. The Balaban J connectivity index is 2.59. The third-order valence-electron chi connectivity index (χ3n) is 3.65. The Morgan fingerprint density at radius 1 is 1.47 bits per heavy atom. The molecule has 3 heteroatoms. The molecule has 0 aliphatic carbocycles. The van der Waals surface area contributed by atoms with Crippen LogP contribution in [0.25, 0.3) is 0 Å². The van der Waals surface area contributed by atoms with E-state index < -0.39 is 5.54 Å². The minimum Gasteiger partial charge on any atom is -0.298 e. The van der Waals surface area contributed by atoms with Crippen LogP contribution in [-0.2, 0) is 0 Å². The molecule has 1 saturated heterocycles. The van der Waals surface area contributed by atoms with Crippen molar-refractivity contribution in [3.8, 4) is 6.07 Å². The first-order valence-electron chi connectivity index (χ1n) is 6.79. The lowest BCUT2D eigenvalue weighted by atomic mass is 9.91. The van der Waals surface area contributed by atoms with Gasteiger partial charge in [0.1, 0.15) is 5.54 Å². The molecule has 3 unspecified atom stereocenters. The molecule has 0 aromatic carbocycles. The Morgan fingerprint density at radius 2 is 2.12 bits per heavy atom. The maximum Gasteiger partial charge on any atom is 0.116 e. The number of piperidine rings is 1. The number of nitriles is 1. The van der Waals surface area contributed by atoms with Crippen LogP contribution in [0.2, 0.25) is 0 Å². The monoisotopic (exact) mass is 237 g/mol. The zero-order chi connectivity index (χ0) is 13.1. The van der Waals surface area contributed by atoms with E-state index in [1.54, 1.807) is 0 Å². The highest BCUT2D eigenvalue weighted by Crippen LogP contribution is 2.23. The molecule has 98 valence electrons. The normalized spacial score (nSPS) is 29.9. The minimum atomic E-state index is -0.428. The van der Waals surface area contributed by atoms with Gasteiger partial charge in [0.15, 0.2) is 0 Å². The maximum absolute atomic E-state index is 9.36. The third-order valence-corrected chi connectivity index (χ3v) is 3.65. The fourth-order valence-corrected chi connectivity index (χ4v) is 2.85. The van der Waals surface area contributed by atoms with Crippen molar-refractivity contribution in [3.05, 3.63) is 0 Å². The van der Waals surface area contributed by atoms with Crippen LogP contribution in [0.15, 0.2) is 0 Å². The van der Waals surface area contributed by atoms with Crippen molar-refractivity contribution < 1.29 is 0 Å². The number of hydrogen-bond acceptors (Lipinski definition) is 3. The van der Waals surface area contributed by atoms with Gasteiger partial charge in [0.2, 0.25) is 0 Å². The molecule has 17 heavy (non-hydrogen) atoms. The summed E-state index contributed by atoms with van der Waals surface area (Å²) in [6, 6.07) is 3.38. The summed E-state index contributed by atoms with van der Waals surface area (Å²) >= 11 is 0. The molecule has 0 spiro atoms. The fourth-order valence-electron chi connectivity index (χ4n) is 2.85. The van der Waals surface area contributed by atoms with E-state index in [9.17, 15) is 5.26 Å². The highest BCUT2D eigenvalue weighted by Gasteiger charge is 2.31. The Hall–Kier alpha value is -0.590. The van der Waals surface area contributed by atoms with Crippen molar-refractivity contribution in [3.63, 3.8) is 0 Å². The van der Waals surface area contributed by atoms with E-state index in [-0.39, 0.29) is 0 Å². The van der Waals surface area contributed by atoms with E-state index in [4.69, 9.17) is 0 Å². The number of likely N-dealkylation sites (tertiary alicyclic amines) is 1. The van der Waals surface area contributed by atoms with Crippen LogP contribution in [0.5, 0.6) is 0 Å². The van der Waals surface area contributed by atoms with Gasteiger partial charge in [0, 0.05) is 18.6 Å². The van der Waals surface area contributed by atoms with E-state index in [0.29, 0.717) is 12.1 Å². The van der Waals surface area contributed by atoms with Gasteiger partial charge >= 0.3 is 0 Å². The van der Waals surface area contributed by atoms with E-state index in [0.717, 1.165) is 19.0 Å². The second kappa shape index (κ2) is 5.84. The first-order valence-corrected chi connectivity index (χ1v) is 6.79. The number of hydrogen-bond donors (Lipinski definition) is 1. The molecule has 0 bridgehead atoms. The summed E-state index contributed by atoms with van der Waals surface area (Å²) in [5.41, 5.74) is -0.428. The van der Waals surface area contributed by atoms with Crippen LogP contribution in [-0.4, -0.2) is 35.6 Å². The van der Waals surface area contributed by atoms with Crippen molar-refractivity contribution in [1.29, 1.82) is 5.26 Å². The summed E-state index contributed by atoms with van der Waals surface area (Å²) in [6.07, 6.45) is 2.51. The van der Waals surface area contributed by atoms with Gasteiger partial charge in [-0.05, 0) is 53.0 Å². The molecular weight excluding hydrogens is 210 g/mol. The van der Waals surface area contributed by atoms with Crippen molar-refractivity contribution in [2.45, 2.75) is 65.1 Å². The molecule has 1 aliphatic heterocycles. The summed E-state index contributed by atoms with van der Waals surface area (Å²) in [5, 5.41) is 12.7. The molecule has 0 radical (unpaired) electrons. The number of nitrogens with zero attached hydrogens (tertiary/aromatic N) is 2. The Kier molecular flexibility index (Phi) is 4.97. The molecule has 0 aromatic heterocycles. The van der Waals surface area contributed by atoms with Gasteiger partial charge in [0.05, 0.1) is 6.07 Å². The Bertz CT molecular complexity index is 282. The first kappa shape index (κ1) is 14.5. The topological polar surface area (TPSA) is 39.1 Å². The molecular formula is C14H27N3. The predicted molar refractivity (Wildman–Crippen MR) is 71.7 cm³/mol. The second-order valence-electron chi connectivity index (χ2n) is 6.19. The van der Waals surface area contributed by atoms with Crippen molar-refractivity contribution >= 4 is 0 Å². The summed E-state index contributed by atoms with van der Waals surface area (Å²) in [5.74, 6) is 0.827. The average molecular weight is 237 g/mol. The Morgan fingerprint density at radius 3 is 2.59 bits per heavy atom.